The summed E-state index contributed by atoms with van der Waals surface area (Å²) in [6.45, 7) is 2.47. The molecule has 7 nitrogen and oxygen atoms in total. The Bertz CT molecular complexity index is 1890. The van der Waals surface area contributed by atoms with E-state index < -0.39 is 0 Å². The van der Waals surface area contributed by atoms with Crippen LogP contribution in [0.4, 0.5) is 4.39 Å². The zero-order valence-electron chi connectivity index (χ0n) is 21.6. The van der Waals surface area contributed by atoms with Crippen LogP contribution in [0, 0.1) is 5.82 Å². The lowest BCUT2D eigenvalue weighted by molar-refractivity contribution is 0.269. The molecule has 0 N–H and O–H groups in total. The van der Waals surface area contributed by atoms with Gasteiger partial charge in [0.2, 0.25) is 5.82 Å². The molecule has 0 amide bonds. The molecule has 0 saturated carbocycles. The topological polar surface area (TPSA) is 78.9 Å². The zero-order valence-corrected chi connectivity index (χ0v) is 21.6. The second kappa shape index (κ2) is 10.9. The predicted octanol–water partition coefficient (Wildman–Crippen LogP) is 6.81. The maximum absolute atomic E-state index is 13.5. The Labute approximate surface area is 228 Å². The molecule has 0 aliphatic carbocycles. The van der Waals surface area contributed by atoms with Crippen LogP contribution in [0.2, 0.25) is 0 Å². The van der Waals surface area contributed by atoms with Crippen molar-refractivity contribution in [3.63, 3.8) is 0 Å². The van der Waals surface area contributed by atoms with Crippen LogP contribution in [0.1, 0.15) is 18.1 Å². The highest BCUT2D eigenvalue weighted by Crippen LogP contribution is 2.30. The molecule has 0 bridgehead atoms. The van der Waals surface area contributed by atoms with Gasteiger partial charge in [-0.25, -0.2) is 9.37 Å². The van der Waals surface area contributed by atoms with Gasteiger partial charge in [-0.05, 0) is 72.6 Å². The summed E-state index contributed by atoms with van der Waals surface area (Å²) < 4.78 is 32.5. The molecular formula is C32H24FN3O4. The van der Waals surface area contributed by atoms with E-state index in [1.165, 1.54) is 16.8 Å². The van der Waals surface area contributed by atoms with Gasteiger partial charge in [-0.3, -0.25) is 4.79 Å². The van der Waals surface area contributed by atoms with Crippen molar-refractivity contribution in [1.29, 1.82) is 0 Å². The van der Waals surface area contributed by atoms with E-state index in [2.05, 4.69) is 5.10 Å². The van der Waals surface area contributed by atoms with E-state index in [1.54, 1.807) is 54.7 Å². The first-order valence-electron chi connectivity index (χ1n) is 12.8. The van der Waals surface area contributed by atoms with Gasteiger partial charge in [0.05, 0.1) is 23.7 Å². The first-order chi connectivity index (χ1) is 19.6. The number of furan rings is 1. The molecule has 0 aliphatic heterocycles. The summed E-state index contributed by atoms with van der Waals surface area (Å²) in [6.07, 6.45) is 1.56. The van der Waals surface area contributed by atoms with Gasteiger partial charge in [0.1, 0.15) is 18.0 Å². The van der Waals surface area contributed by atoms with E-state index in [-0.39, 0.29) is 23.8 Å². The van der Waals surface area contributed by atoms with E-state index in [1.807, 2.05) is 43.3 Å². The zero-order chi connectivity index (χ0) is 27.5. The third-order valence-electron chi connectivity index (χ3n) is 6.27. The van der Waals surface area contributed by atoms with Crippen molar-refractivity contribution in [2.75, 3.05) is 6.61 Å². The molecule has 4 aromatic carbocycles. The number of hydrogen-bond acceptors (Lipinski definition) is 6. The third kappa shape index (κ3) is 5.07. The Kier molecular flexibility index (Phi) is 6.80. The number of nitrogens with zero attached hydrogens (tertiary/aromatic N) is 3. The van der Waals surface area contributed by atoms with E-state index in [4.69, 9.17) is 18.9 Å². The van der Waals surface area contributed by atoms with Crippen LogP contribution in [0.15, 0.2) is 111 Å². The van der Waals surface area contributed by atoms with Crippen LogP contribution in [0.25, 0.3) is 33.5 Å². The van der Waals surface area contributed by atoms with Crippen LogP contribution < -0.4 is 15.0 Å². The standard InChI is InChI=1S/C32H24FN3O4/c1-2-38-29-17-21(14-15-28(29)39-20-22-8-7-10-24(33)16-22)19-34-36-31(30-18-23-9-3-6-13-27(23)40-30)35-26-12-5-4-11-25(26)32(36)37/h3-19H,2,20H2,1H3. The number of fused-ring (bicyclic) bond motifs is 2. The normalized spacial score (nSPS) is 11.4. The summed E-state index contributed by atoms with van der Waals surface area (Å²) in [4.78, 5) is 18.2. The van der Waals surface area contributed by atoms with Crippen molar-refractivity contribution >= 4 is 28.1 Å². The van der Waals surface area contributed by atoms with E-state index in [0.717, 1.165) is 5.39 Å². The fourth-order valence-corrected chi connectivity index (χ4v) is 4.39. The summed E-state index contributed by atoms with van der Waals surface area (Å²) in [5, 5.41) is 5.86. The second-order valence-electron chi connectivity index (χ2n) is 9.02. The molecular weight excluding hydrogens is 509 g/mol. The van der Waals surface area contributed by atoms with Crippen molar-refractivity contribution in [3.8, 4) is 23.1 Å². The summed E-state index contributed by atoms with van der Waals surface area (Å²) in [5.74, 6) is 1.41. The first kappa shape index (κ1) is 25.1. The average Bonchev–Trinajstić information content (AvgIpc) is 3.41. The highest BCUT2D eigenvalue weighted by atomic mass is 19.1. The monoisotopic (exact) mass is 533 g/mol. The minimum Gasteiger partial charge on any atom is -0.490 e. The molecule has 0 radical (unpaired) electrons. The van der Waals surface area contributed by atoms with Crippen LogP contribution in [-0.2, 0) is 6.61 Å². The van der Waals surface area contributed by atoms with E-state index in [9.17, 15) is 9.18 Å². The van der Waals surface area contributed by atoms with Crippen molar-refractivity contribution in [1.82, 2.24) is 9.66 Å². The van der Waals surface area contributed by atoms with Gasteiger partial charge in [-0.2, -0.15) is 9.78 Å². The highest BCUT2D eigenvalue weighted by Gasteiger charge is 2.16. The number of benzene rings is 4. The Morgan fingerprint density at radius 3 is 2.62 bits per heavy atom. The van der Waals surface area contributed by atoms with Gasteiger partial charge < -0.3 is 13.9 Å². The third-order valence-corrected chi connectivity index (χ3v) is 6.27. The fraction of sp³-hybridized carbons (Fsp3) is 0.0938. The largest absolute Gasteiger partial charge is 0.490 e. The van der Waals surface area contributed by atoms with Gasteiger partial charge in [0, 0.05) is 5.39 Å². The molecule has 6 rings (SSSR count). The molecule has 2 heterocycles. The highest BCUT2D eigenvalue weighted by molar-refractivity contribution is 5.85. The van der Waals surface area contributed by atoms with E-state index >= 15 is 0 Å². The smallest absolute Gasteiger partial charge is 0.282 e. The Balaban J connectivity index is 1.37. The number of para-hydroxylation sites is 2. The van der Waals surface area contributed by atoms with Gasteiger partial charge in [-0.1, -0.05) is 42.5 Å². The molecule has 2 aromatic heterocycles. The molecule has 0 spiro atoms. The number of hydrogen-bond donors (Lipinski definition) is 0. The van der Waals surface area contributed by atoms with Gasteiger partial charge in [0.15, 0.2) is 17.3 Å². The van der Waals surface area contributed by atoms with Crippen LogP contribution in [0.5, 0.6) is 11.5 Å². The minimum atomic E-state index is -0.322. The molecule has 0 aliphatic rings. The lowest BCUT2D eigenvalue weighted by atomic mass is 10.2. The second-order valence-corrected chi connectivity index (χ2v) is 9.02. The molecule has 8 heteroatoms. The first-order valence-corrected chi connectivity index (χ1v) is 12.8. The van der Waals surface area contributed by atoms with Crippen molar-refractivity contribution < 1.29 is 18.3 Å². The summed E-state index contributed by atoms with van der Waals surface area (Å²) in [6, 6.07) is 28.1. The number of halogens is 1. The van der Waals surface area contributed by atoms with Crippen LogP contribution in [-0.4, -0.2) is 22.5 Å². The van der Waals surface area contributed by atoms with Gasteiger partial charge >= 0.3 is 0 Å². The lowest BCUT2D eigenvalue weighted by Crippen LogP contribution is -2.20. The minimum absolute atomic E-state index is 0.185. The summed E-state index contributed by atoms with van der Waals surface area (Å²) in [7, 11) is 0. The van der Waals surface area contributed by atoms with Crippen molar-refractivity contribution in [2.45, 2.75) is 13.5 Å². The number of ether oxygens (including phenoxy) is 2. The maximum Gasteiger partial charge on any atom is 0.282 e. The molecule has 198 valence electrons. The fourth-order valence-electron chi connectivity index (χ4n) is 4.39. The van der Waals surface area contributed by atoms with Gasteiger partial charge in [-0.15, -0.1) is 0 Å². The van der Waals surface area contributed by atoms with Crippen molar-refractivity contribution in [3.05, 3.63) is 124 Å². The molecule has 0 unspecified atom stereocenters. The molecule has 40 heavy (non-hydrogen) atoms. The lowest BCUT2D eigenvalue weighted by Gasteiger charge is -2.13. The van der Waals surface area contributed by atoms with Crippen LogP contribution in [0.3, 0.4) is 0 Å². The molecule has 0 saturated heterocycles. The molecule has 0 fully saturated rings. The Morgan fingerprint density at radius 1 is 0.925 bits per heavy atom. The van der Waals surface area contributed by atoms with Crippen molar-refractivity contribution in [2.24, 2.45) is 5.10 Å². The summed E-state index contributed by atoms with van der Waals surface area (Å²) in [5.41, 5.74) is 2.29. The van der Waals surface area contributed by atoms with Gasteiger partial charge in [0.25, 0.3) is 5.56 Å². The Hall–Kier alpha value is -5.24. The molecule has 6 aromatic rings. The summed E-state index contributed by atoms with van der Waals surface area (Å²) >= 11 is 0. The molecule has 0 atom stereocenters. The van der Waals surface area contributed by atoms with Crippen LogP contribution >= 0.6 is 0 Å². The SMILES string of the molecule is CCOc1cc(C=Nn2c(-c3cc4ccccc4o3)nc3ccccc3c2=O)ccc1OCc1cccc(F)c1. The Morgan fingerprint density at radius 2 is 1.77 bits per heavy atom. The van der Waals surface area contributed by atoms with E-state index in [0.29, 0.717) is 51.5 Å². The quantitative estimate of drug-likeness (QED) is 0.201. The average molecular weight is 534 g/mol. The predicted molar refractivity (Wildman–Crippen MR) is 153 cm³/mol. The maximum atomic E-state index is 13.5. The number of rotatable bonds is 8. The number of aromatic nitrogens is 2.